The topological polar surface area (TPSA) is 59.1 Å². The summed E-state index contributed by atoms with van der Waals surface area (Å²) in [6.45, 7) is -0.512. The minimum absolute atomic E-state index is 0.225. The second kappa shape index (κ2) is 4.19. The lowest BCUT2D eigenvalue weighted by Gasteiger charge is -2.08. The lowest BCUT2D eigenvalue weighted by atomic mass is 10.2. The van der Waals surface area contributed by atoms with Crippen LogP contribution in [0.1, 0.15) is 11.3 Å². The molecular formula is C9H7F3N2O. The van der Waals surface area contributed by atoms with Gasteiger partial charge < -0.3 is 10.8 Å². The fraction of sp³-hybridized carbons (Fsp3) is 0.222. The van der Waals surface area contributed by atoms with Crippen molar-refractivity contribution >= 4 is 5.82 Å². The highest BCUT2D eigenvalue weighted by atomic mass is 19.4. The Labute approximate surface area is 83.7 Å². The van der Waals surface area contributed by atoms with Gasteiger partial charge in [0, 0.05) is 0 Å². The molecule has 0 radical (unpaired) electrons. The van der Waals surface area contributed by atoms with Gasteiger partial charge in [-0.25, -0.2) is 4.98 Å². The number of halogens is 3. The molecule has 0 bridgehead atoms. The summed E-state index contributed by atoms with van der Waals surface area (Å²) in [6.07, 6.45) is -4.60. The predicted octanol–water partition coefficient (Wildman–Crippen LogP) is 1.03. The minimum Gasteiger partial charge on any atom is -0.384 e. The van der Waals surface area contributed by atoms with E-state index >= 15 is 0 Å². The van der Waals surface area contributed by atoms with E-state index in [9.17, 15) is 13.2 Å². The van der Waals surface area contributed by atoms with Crippen LogP contribution >= 0.6 is 0 Å². The molecule has 0 saturated heterocycles. The summed E-state index contributed by atoms with van der Waals surface area (Å²) in [4.78, 5) is 3.17. The van der Waals surface area contributed by atoms with Gasteiger partial charge in [-0.05, 0) is 12.1 Å². The van der Waals surface area contributed by atoms with Gasteiger partial charge in [0.2, 0.25) is 0 Å². The number of aliphatic hydroxyl groups excluding tert-OH is 1. The summed E-state index contributed by atoms with van der Waals surface area (Å²) in [7, 11) is 0. The van der Waals surface area contributed by atoms with Crippen LogP contribution in [0, 0.1) is 11.8 Å². The van der Waals surface area contributed by atoms with E-state index in [-0.39, 0.29) is 11.4 Å². The molecule has 0 spiro atoms. The number of anilines is 1. The van der Waals surface area contributed by atoms with Crippen LogP contribution in [0.2, 0.25) is 0 Å². The molecule has 1 rings (SSSR count). The summed E-state index contributed by atoms with van der Waals surface area (Å²) in [5.41, 5.74) is 3.71. The van der Waals surface area contributed by atoms with E-state index in [0.29, 0.717) is 0 Å². The van der Waals surface area contributed by atoms with Crippen LogP contribution in [-0.4, -0.2) is 16.7 Å². The molecule has 1 aromatic heterocycles. The fourth-order valence-corrected chi connectivity index (χ4v) is 0.926. The summed E-state index contributed by atoms with van der Waals surface area (Å²) in [5.74, 6) is 4.05. The SMILES string of the molecule is Nc1ccc(C#CCO)c(C(F)(F)F)n1. The van der Waals surface area contributed by atoms with Crippen molar-refractivity contribution in [1.29, 1.82) is 0 Å². The van der Waals surface area contributed by atoms with E-state index < -0.39 is 18.5 Å². The van der Waals surface area contributed by atoms with Gasteiger partial charge in [-0.15, -0.1) is 0 Å². The number of aromatic nitrogens is 1. The Balaban J connectivity index is 3.27. The Kier molecular flexibility index (Phi) is 3.17. The number of nitrogen functional groups attached to an aromatic ring is 1. The molecule has 80 valence electrons. The Morgan fingerprint density at radius 2 is 2.07 bits per heavy atom. The summed E-state index contributed by atoms with van der Waals surface area (Å²) >= 11 is 0. The van der Waals surface area contributed by atoms with Gasteiger partial charge in [0.1, 0.15) is 12.4 Å². The second-order valence-corrected chi connectivity index (χ2v) is 2.59. The Bertz CT molecular complexity index is 418. The van der Waals surface area contributed by atoms with Crippen molar-refractivity contribution in [2.75, 3.05) is 12.3 Å². The number of hydrogen-bond donors (Lipinski definition) is 2. The molecule has 0 amide bonds. The van der Waals surface area contributed by atoms with Crippen LogP contribution in [0.4, 0.5) is 19.0 Å². The Morgan fingerprint density at radius 3 is 2.60 bits per heavy atom. The van der Waals surface area contributed by atoms with Gasteiger partial charge in [-0.1, -0.05) is 11.8 Å². The van der Waals surface area contributed by atoms with Crippen LogP contribution < -0.4 is 5.73 Å². The predicted molar refractivity (Wildman–Crippen MR) is 47.6 cm³/mol. The van der Waals surface area contributed by atoms with Crippen molar-refractivity contribution in [1.82, 2.24) is 4.98 Å². The molecule has 6 heteroatoms. The first-order valence-electron chi connectivity index (χ1n) is 3.88. The molecule has 0 atom stereocenters. The largest absolute Gasteiger partial charge is 0.434 e. The molecule has 0 aliphatic carbocycles. The van der Waals surface area contributed by atoms with Crippen LogP contribution in [0.15, 0.2) is 12.1 Å². The molecule has 3 nitrogen and oxygen atoms in total. The highest BCUT2D eigenvalue weighted by Gasteiger charge is 2.35. The van der Waals surface area contributed by atoms with Gasteiger partial charge in [0.25, 0.3) is 0 Å². The molecule has 1 aromatic rings. The van der Waals surface area contributed by atoms with Gasteiger partial charge in [-0.2, -0.15) is 13.2 Å². The van der Waals surface area contributed by atoms with Crippen molar-refractivity contribution in [3.8, 4) is 11.8 Å². The van der Waals surface area contributed by atoms with E-state index in [1.54, 1.807) is 0 Å². The third-order valence-corrected chi connectivity index (χ3v) is 1.49. The Hall–Kier alpha value is -1.74. The first-order chi connectivity index (χ1) is 6.95. The van der Waals surface area contributed by atoms with Crippen molar-refractivity contribution in [2.45, 2.75) is 6.18 Å². The number of rotatable bonds is 0. The molecule has 3 N–H and O–H groups in total. The monoisotopic (exact) mass is 216 g/mol. The van der Waals surface area contributed by atoms with Gasteiger partial charge in [0.15, 0.2) is 5.69 Å². The molecular weight excluding hydrogens is 209 g/mol. The average Bonchev–Trinajstić information content (AvgIpc) is 2.14. The number of aliphatic hydroxyl groups is 1. The third-order valence-electron chi connectivity index (χ3n) is 1.49. The smallest absolute Gasteiger partial charge is 0.384 e. The molecule has 0 unspecified atom stereocenters. The maximum Gasteiger partial charge on any atom is 0.434 e. The first-order valence-corrected chi connectivity index (χ1v) is 3.88. The zero-order valence-corrected chi connectivity index (χ0v) is 7.47. The summed E-state index contributed by atoms with van der Waals surface area (Å²) < 4.78 is 37.2. The highest BCUT2D eigenvalue weighted by Crippen LogP contribution is 2.30. The number of pyridine rings is 1. The quantitative estimate of drug-likeness (QED) is 0.636. The first kappa shape index (κ1) is 11.3. The zero-order valence-electron chi connectivity index (χ0n) is 7.47. The number of hydrogen-bond acceptors (Lipinski definition) is 3. The van der Waals surface area contributed by atoms with Gasteiger partial charge in [0.05, 0.1) is 5.56 Å². The number of nitrogens with zero attached hydrogens (tertiary/aromatic N) is 1. The van der Waals surface area contributed by atoms with Crippen molar-refractivity contribution in [3.05, 3.63) is 23.4 Å². The van der Waals surface area contributed by atoms with Gasteiger partial charge >= 0.3 is 6.18 Å². The maximum atomic E-state index is 12.4. The van der Waals surface area contributed by atoms with E-state index in [2.05, 4.69) is 16.8 Å². The van der Waals surface area contributed by atoms with Crippen molar-refractivity contribution < 1.29 is 18.3 Å². The number of alkyl halides is 3. The molecule has 0 fully saturated rings. The van der Waals surface area contributed by atoms with E-state index in [1.165, 1.54) is 6.07 Å². The fourth-order valence-electron chi connectivity index (χ4n) is 0.926. The number of nitrogens with two attached hydrogens (primary N) is 1. The lowest BCUT2D eigenvalue weighted by molar-refractivity contribution is -0.141. The third kappa shape index (κ3) is 2.86. The van der Waals surface area contributed by atoms with Gasteiger partial charge in [-0.3, -0.25) is 0 Å². The standard InChI is InChI=1S/C9H7F3N2O/c10-9(11,12)8-6(2-1-5-15)3-4-7(13)14-8/h3-4,15H,5H2,(H2,13,14). The zero-order chi connectivity index (χ0) is 11.5. The van der Waals surface area contributed by atoms with Crippen molar-refractivity contribution in [2.24, 2.45) is 0 Å². The molecule has 0 saturated carbocycles. The Morgan fingerprint density at radius 1 is 1.40 bits per heavy atom. The van der Waals surface area contributed by atoms with E-state index in [0.717, 1.165) is 6.07 Å². The normalized spacial score (nSPS) is 10.7. The van der Waals surface area contributed by atoms with E-state index in [1.807, 2.05) is 0 Å². The summed E-state index contributed by atoms with van der Waals surface area (Å²) in [6, 6.07) is 2.34. The van der Waals surface area contributed by atoms with Crippen LogP contribution in [0.5, 0.6) is 0 Å². The van der Waals surface area contributed by atoms with Crippen LogP contribution in [0.3, 0.4) is 0 Å². The lowest BCUT2D eigenvalue weighted by Crippen LogP contribution is -2.12. The molecule has 1 heterocycles. The highest BCUT2D eigenvalue weighted by molar-refractivity contribution is 5.44. The summed E-state index contributed by atoms with van der Waals surface area (Å²) in [5, 5.41) is 8.38. The molecule has 0 aliphatic heterocycles. The van der Waals surface area contributed by atoms with Crippen LogP contribution in [0.25, 0.3) is 0 Å². The maximum absolute atomic E-state index is 12.4. The second-order valence-electron chi connectivity index (χ2n) is 2.59. The van der Waals surface area contributed by atoms with Crippen LogP contribution in [-0.2, 0) is 6.18 Å². The molecule has 0 aromatic carbocycles. The van der Waals surface area contributed by atoms with Crippen molar-refractivity contribution in [3.63, 3.8) is 0 Å². The minimum atomic E-state index is -4.60. The average molecular weight is 216 g/mol. The molecule has 0 aliphatic rings. The van der Waals surface area contributed by atoms with E-state index in [4.69, 9.17) is 10.8 Å². The molecule has 15 heavy (non-hydrogen) atoms.